The molecular formula is C9H15Br2NO2. The lowest BCUT2D eigenvalue weighted by molar-refractivity contribution is -0.158. The topological polar surface area (TPSA) is 38.3 Å². The van der Waals surface area contributed by atoms with Crippen LogP contribution in [-0.4, -0.2) is 28.4 Å². The molecule has 1 heterocycles. The lowest BCUT2D eigenvalue weighted by atomic mass is 9.90. The lowest BCUT2D eigenvalue weighted by Gasteiger charge is -2.31. The molecule has 1 unspecified atom stereocenters. The number of halogens is 2. The molecule has 1 saturated heterocycles. The summed E-state index contributed by atoms with van der Waals surface area (Å²) in [5.74, 6) is 0.145. The molecule has 0 amide bonds. The van der Waals surface area contributed by atoms with Crippen molar-refractivity contribution < 1.29 is 9.53 Å². The molecule has 1 rings (SSSR count). The first-order chi connectivity index (χ1) is 6.43. The Morgan fingerprint density at radius 1 is 1.57 bits per heavy atom. The number of carbonyl (C=O) groups is 1. The highest BCUT2D eigenvalue weighted by Crippen LogP contribution is 2.28. The monoisotopic (exact) mass is 327 g/mol. The molecule has 0 aromatic heterocycles. The molecule has 1 aliphatic heterocycles. The third-order valence-electron chi connectivity index (χ3n) is 2.59. The van der Waals surface area contributed by atoms with E-state index in [1.54, 1.807) is 0 Å². The zero-order chi connectivity index (χ0) is 10.8. The van der Waals surface area contributed by atoms with Gasteiger partial charge in [0.1, 0.15) is 5.60 Å². The van der Waals surface area contributed by atoms with Crippen molar-refractivity contribution >= 4 is 37.8 Å². The molecule has 0 aromatic rings. The molecule has 1 N–H and O–H groups in total. The zero-order valence-corrected chi connectivity index (χ0v) is 11.5. The summed E-state index contributed by atoms with van der Waals surface area (Å²) in [6, 6.07) is 0. The molecular weight excluding hydrogens is 314 g/mol. The van der Waals surface area contributed by atoms with Crippen molar-refractivity contribution in [3.63, 3.8) is 0 Å². The van der Waals surface area contributed by atoms with Crippen molar-refractivity contribution in [1.82, 2.24) is 5.32 Å². The summed E-state index contributed by atoms with van der Waals surface area (Å²) in [6.07, 6.45) is 1.06. The van der Waals surface area contributed by atoms with Crippen LogP contribution in [0, 0.1) is 5.92 Å². The molecule has 0 bridgehead atoms. The number of nitrogens with one attached hydrogen (secondary N) is 1. The lowest BCUT2D eigenvalue weighted by Crippen LogP contribution is -2.39. The zero-order valence-electron chi connectivity index (χ0n) is 8.35. The molecule has 1 atom stereocenters. The van der Waals surface area contributed by atoms with Crippen LogP contribution in [-0.2, 0) is 9.53 Å². The van der Waals surface area contributed by atoms with Crippen LogP contribution in [0.1, 0.15) is 20.3 Å². The van der Waals surface area contributed by atoms with Crippen molar-refractivity contribution in [3.8, 4) is 0 Å². The van der Waals surface area contributed by atoms with Crippen LogP contribution in [0.4, 0.5) is 0 Å². The summed E-state index contributed by atoms with van der Waals surface area (Å²) in [5.41, 5.74) is -0.389. The number of esters is 1. The van der Waals surface area contributed by atoms with E-state index in [4.69, 9.17) is 4.74 Å². The minimum absolute atomic E-state index is 0.262. The predicted molar refractivity (Wildman–Crippen MR) is 62.8 cm³/mol. The average Bonchev–Trinajstić information content (AvgIpc) is 2.54. The van der Waals surface area contributed by atoms with E-state index in [0.29, 0.717) is 5.92 Å². The van der Waals surface area contributed by atoms with Crippen molar-refractivity contribution in [2.45, 2.75) is 29.6 Å². The normalized spacial score (nSPS) is 22.8. The van der Waals surface area contributed by atoms with Gasteiger partial charge in [0.05, 0.1) is 0 Å². The third-order valence-corrected chi connectivity index (χ3v) is 3.33. The average molecular weight is 329 g/mol. The summed E-state index contributed by atoms with van der Waals surface area (Å²) in [7, 11) is 0. The van der Waals surface area contributed by atoms with Gasteiger partial charge in [0, 0.05) is 12.5 Å². The third kappa shape index (κ3) is 3.21. The van der Waals surface area contributed by atoms with Gasteiger partial charge in [-0.25, -0.2) is 4.79 Å². The van der Waals surface area contributed by atoms with E-state index in [1.165, 1.54) is 0 Å². The molecule has 1 aliphatic rings. The van der Waals surface area contributed by atoms with E-state index in [-0.39, 0.29) is 11.6 Å². The SMILES string of the molecule is CC(C)(OC(=O)C(Br)Br)C1CCNC1. The highest BCUT2D eigenvalue weighted by molar-refractivity contribution is 9.25. The van der Waals surface area contributed by atoms with Crippen LogP contribution in [0.3, 0.4) is 0 Å². The fourth-order valence-electron chi connectivity index (χ4n) is 1.64. The Hall–Kier alpha value is 0.390. The van der Waals surface area contributed by atoms with Crippen LogP contribution < -0.4 is 5.32 Å². The van der Waals surface area contributed by atoms with E-state index in [2.05, 4.69) is 37.2 Å². The van der Waals surface area contributed by atoms with Crippen LogP contribution in [0.5, 0.6) is 0 Å². The van der Waals surface area contributed by atoms with E-state index >= 15 is 0 Å². The Labute approximate surface area is 101 Å². The Morgan fingerprint density at radius 3 is 2.64 bits per heavy atom. The minimum Gasteiger partial charge on any atom is -0.458 e. The quantitative estimate of drug-likeness (QED) is 0.636. The van der Waals surface area contributed by atoms with Crippen molar-refractivity contribution in [1.29, 1.82) is 0 Å². The Bertz CT molecular complexity index is 213. The number of ether oxygens (including phenoxy) is 1. The highest BCUT2D eigenvalue weighted by atomic mass is 79.9. The van der Waals surface area contributed by atoms with Gasteiger partial charge in [0.25, 0.3) is 0 Å². The van der Waals surface area contributed by atoms with Crippen LogP contribution in [0.2, 0.25) is 0 Å². The summed E-state index contributed by atoms with van der Waals surface area (Å²) < 4.78 is 5.00. The Morgan fingerprint density at radius 2 is 2.21 bits per heavy atom. The van der Waals surface area contributed by atoms with E-state index in [0.717, 1.165) is 19.5 Å². The summed E-state index contributed by atoms with van der Waals surface area (Å²) in [4.78, 5) is 11.4. The fraction of sp³-hybridized carbons (Fsp3) is 0.889. The standard InChI is InChI=1S/C9H15Br2NO2/c1-9(2,6-3-4-12-5-6)14-8(13)7(10)11/h6-7,12H,3-5H2,1-2H3. The summed E-state index contributed by atoms with van der Waals surface area (Å²) in [6.45, 7) is 5.86. The summed E-state index contributed by atoms with van der Waals surface area (Å²) in [5, 5.41) is 3.27. The molecule has 5 heteroatoms. The fourth-order valence-corrected chi connectivity index (χ4v) is 1.82. The van der Waals surface area contributed by atoms with Crippen LogP contribution in [0.25, 0.3) is 0 Å². The molecule has 0 aliphatic carbocycles. The van der Waals surface area contributed by atoms with Gasteiger partial charge < -0.3 is 10.1 Å². The summed E-state index contributed by atoms with van der Waals surface area (Å²) >= 11 is 6.26. The van der Waals surface area contributed by atoms with E-state index in [1.807, 2.05) is 13.8 Å². The van der Waals surface area contributed by atoms with Gasteiger partial charge in [-0.3, -0.25) is 0 Å². The first-order valence-corrected chi connectivity index (χ1v) is 6.48. The second-order valence-corrected chi connectivity index (χ2v) is 7.08. The largest absolute Gasteiger partial charge is 0.458 e. The molecule has 0 spiro atoms. The van der Waals surface area contributed by atoms with Gasteiger partial charge in [-0.15, -0.1) is 0 Å². The Kier molecular flexibility index (Phi) is 4.40. The molecule has 14 heavy (non-hydrogen) atoms. The number of hydrogen-bond donors (Lipinski definition) is 1. The maximum atomic E-state index is 11.4. The first-order valence-electron chi connectivity index (χ1n) is 4.65. The van der Waals surface area contributed by atoms with Gasteiger partial charge in [-0.05, 0) is 26.8 Å². The van der Waals surface area contributed by atoms with Crippen molar-refractivity contribution in [2.75, 3.05) is 13.1 Å². The van der Waals surface area contributed by atoms with Gasteiger partial charge in [-0.1, -0.05) is 31.9 Å². The molecule has 0 saturated carbocycles. The predicted octanol–water partition coefficient (Wildman–Crippen LogP) is 2.03. The highest BCUT2D eigenvalue weighted by Gasteiger charge is 2.36. The van der Waals surface area contributed by atoms with Gasteiger partial charge in [0.15, 0.2) is 3.74 Å². The van der Waals surface area contributed by atoms with Crippen LogP contribution in [0.15, 0.2) is 0 Å². The first kappa shape index (κ1) is 12.5. The minimum atomic E-state index is -0.413. The number of hydrogen-bond acceptors (Lipinski definition) is 3. The van der Waals surface area contributed by atoms with Gasteiger partial charge in [0.2, 0.25) is 0 Å². The Balaban J connectivity index is 2.51. The van der Waals surface area contributed by atoms with Crippen LogP contribution >= 0.6 is 31.9 Å². The maximum absolute atomic E-state index is 11.4. The molecule has 1 fully saturated rings. The van der Waals surface area contributed by atoms with Crippen molar-refractivity contribution in [2.24, 2.45) is 5.92 Å². The number of rotatable bonds is 3. The molecule has 0 aromatic carbocycles. The van der Waals surface area contributed by atoms with E-state index in [9.17, 15) is 4.79 Å². The maximum Gasteiger partial charge on any atom is 0.331 e. The second-order valence-electron chi connectivity index (χ2n) is 4.01. The molecule has 3 nitrogen and oxygen atoms in total. The van der Waals surface area contributed by atoms with Crippen molar-refractivity contribution in [3.05, 3.63) is 0 Å². The molecule has 82 valence electrons. The van der Waals surface area contributed by atoms with Gasteiger partial charge in [-0.2, -0.15) is 0 Å². The number of carbonyl (C=O) groups excluding carboxylic acids is 1. The number of alkyl halides is 2. The smallest absolute Gasteiger partial charge is 0.331 e. The second kappa shape index (κ2) is 4.94. The van der Waals surface area contributed by atoms with E-state index < -0.39 is 3.74 Å². The molecule has 0 radical (unpaired) electrons. The van der Waals surface area contributed by atoms with Gasteiger partial charge >= 0.3 is 5.97 Å².